The summed E-state index contributed by atoms with van der Waals surface area (Å²) < 4.78 is 5.81. The average molecular weight is 485 g/mol. The van der Waals surface area contributed by atoms with E-state index in [0.29, 0.717) is 5.15 Å². The van der Waals surface area contributed by atoms with E-state index in [0.717, 1.165) is 54.2 Å². The molecule has 0 saturated carbocycles. The number of benzene rings is 1. The third kappa shape index (κ3) is 5.88. The van der Waals surface area contributed by atoms with Gasteiger partial charge in [-0.25, -0.2) is 4.98 Å². The van der Waals surface area contributed by atoms with Crippen molar-refractivity contribution in [1.82, 2.24) is 15.6 Å². The molecule has 0 aliphatic rings. The summed E-state index contributed by atoms with van der Waals surface area (Å²) in [5, 5.41) is 8.24. The molecule has 3 rings (SSSR count). The minimum Gasteiger partial charge on any atom is -0.461 e. The molecule has 3 aromatic rings. The number of hydrogen-bond acceptors (Lipinski definition) is 3. The molecule has 7 heteroatoms. The zero-order valence-electron chi connectivity index (χ0n) is 14.5. The number of nitrogens with zero attached hydrogens (tertiary/aromatic N) is 2. The van der Waals surface area contributed by atoms with Crippen LogP contribution in [-0.2, 0) is 12.8 Å². The van der Waals surface area contributed by atoms with Gasteiger partial charge in [-0.05, 0) is 30.2 Å². The second-order valence-electron chi connectivity index (χ2n) is 5.67. The Bertz CT molecular complexity index is 815. The molecule has 2 heterocycles. The standard InChI is InChI=1S/C19H21ClN4O.HI/c1-21-19(22-10-8-14-6-7-18(20)24-13-14)23-11-9-16-12-15-4-2-3-5-17(15)25-16;/h2-7,12-13H,8-11H2,1H3,(H2,21,22,23);1H. The van der Waals surface area contributed by atoms with Crippen LogP contribution in [0, 0.1) is 0 Å². The van der Waals surface area contributed by atoms with Crippen LogP contribution in [0.3, 0.4) is 0 Å². The first-order valence-corrected chi connectivity index (χ1v) is 8.65. The van der Waals surface area contributed by atoms with E-state index in [2.05, 4.69) is 32.7 Å². The molecule has 0 saturated heterocycles. The van der Waals surface area contributed by atoms with Crippen LogP contribution >= 0.6 is 35.6 Å². The number of fused-ring (bicyclic) bond motifs is 1. The number of rotatable bonds is 6. The fourth-order valence-electron chi connectivity index (χ4n) is 2.56. The Morgan fingerprint density at radius 1 is 1.12 bits per heavy atom. The van der Waals surface area contributed by atoms with Gasteiger partial charge in [0.1, 0.15) is 16.5 Å². The quantitative estimate of drug-likeness (QED) is 0.240. The highest BCUT2D eigenvalue weighted by Gasteiger charge is 2.04. The van der Waals surface area contributed by atoms with E-state index in [1.165, 1.54) is 0 Å². The van der Waals surface area contributed by atoms with Crippen LogP contribution < -0.4 is 10.6 Å². The summed E-state index contributed by atoms with van der Waals surface area (Å²) in [6, 6.07) is 13.9. The van der Waals surface area contributed by atoms with Crippen molar-refractivity contribution in [3.8, 4) is 0 Å². The van der Waals surface area contributed by atoms with Gasteiger partial charge in [-0.3, -0.25) is 4.99 Å². The Morgan fingerprint density at radius 3 is 2.58 bits per heavy atom. The van der Waals surface area contributed by atoms with Crippen LogP contribution in [-0.4, -0.2) is 31.1 Å². The van der Waals surface area contributed by atoms with Gasteiger partial charge < -0.3 is 15.1 Å². The van der Waals surface area contributed by atoms with E-state index in [1.54, 1.807) is 19.3 Å². The van der Waals surface area contributed by atoms with Gasteiger partial charge in [0.2, 0.25) is 0 Å². The van der Waals surface area contributed by atoms with Gasteiger partial charge in [0, 0.05) is 38.1 Å². The van der Waals surface area contributed by atoms with Crippen LogP contribution in [0.5, 0.6) is 0 Å². The Labute approximate surface area is 175 Å². The maximum Gasteiger partial charge on any atom is 0.191 e. The minimum absolute atomic E-state index is 0. The smallest absolute Gasteiger partial charge is 0.191 e. The maximum absolute atomic E-state index is 5.81. The van der Waals surface area contributed by atoms with E-state index in [4.69, 9.17) is 16.0 Å². The largest absolute Gasteiger partial charge is 0.461 e. The molecule has 138 valence electrons. The van der Waals surface area contributed by atoms with Crippen molar-refractivity contribution < 1.29 is 4.42 Å². The van der Waals surface area contributed by atoms with Gasteiger partial charge in [-0.1, -0.05) is 35.9 Å². The Hall–Kier alpha value is -1.80. The summed E-state index contributed by atoms with van der Waals surface area (Å²) in [6.45, 7) is 1.52. The van der Waals surface area contributed by atoms with Crippen LogP contribution in [0.15, 0.2) is 58.1 Å². The summed E-state index contributed by atoms with van der Waals surface area (Å²) in [4.78, 5) is 8.31. The highest BCUT2D eigenvalue weighted by Crippen LogP contribution is 2.18. The van der Waals surface area contributed by atoms with Gasteiger partial charge in [0.15, 0.2) is 5.96 Å². The molecule has 1 aromatic carbocycles. The second-order valence-corrected chi connectivity index (χ2v) is 6.05. The number of nitrogens with one attached hydrogen (secondary N) is 2. The first-order chi connectivity index (χ1) is 12.2. The zero-order chi connectivity index (χ0) is 17.5. The molecule has 2 N–H and O–H groups in total. The molecular formula is C19H22ClIN4O. The normalized spacial score (nSPS) is 11.2. The molecular weight excluding hydrogens is 463 g/mol. The highest BCUT2D eigenvalue weighted by molar-refractivity contribution is 14.0. The third-order valence-corrected chi connectivity index (χ3v) is 4.08. The fourth-order valence-corrected chi connectivity index (χ4v) is 2.68. The lowest BCUT2D eigenvalue weighted by Gasteiger charge is -2.11. The van der Waals surface area contributed by atoms with E-state index in [9.17, 15) is 0 Å². The van der Waals surface area contributed by atoms with Crippen molar-refractivity contribution in [2.24, 2.45) is 4.99 Å². The lowest BCUT2D eigenvalue weighted by atomic mass is 10.2. The molecule has 0 amide bonds. The van der Waals surface area contributed by atoms with Crippen LogP contribution in [0.2, 0.25) is 5.15 Å². The van der Waals surface area contributed by atoms with E-state index < -0.39 is 0 Å². The molecule has 26 heavy (non-hydrogen) atoms. The number of furan rings is 1. The van der Waals surface area contributed by atoms with Crippen molar-refractivity contribution in [3.63, 3.8) is 0 Å². The first kappa shape index (κ1) is 20.5. The molecule has 0 unspecified atom stereocenters. The van der Waals surface area contributed by atoms with Crippen molar-refractivity contribution in [1.29, 1.82) is 0 Å². The number of hydrogen-bond donors (Lipinski definition) is 2. The lowest BCUT2D eigenvalue weighted by molar-refractivity contribution is 0.544. The molecule has 0 fully saturated rings. The summed E-state index contributed by atoms with van der Waals surface area (Å²) >= 11 is 5.79. The fraction of sp³-hybridized carbons (Fsp3) is 0.263. The average Bonchev–Trinajstić information content (AvgIpc) is 3.05. The number of aliphatic imine (C=N–C) groups is 1. The van der Waals surface area contributed by atoms with Gasteiger partial charge in [-0.2, -0.15) is 0 Å². The molecule has 2 aromatic heterocycles. The Kier molecular flexibility index (Phi) is 8.18. The first-order valence-electron chi connectivity index (χ1n) is 8.27. The SMILES string of the molecule is CN=C(NCCc1ccc(Cl)nc1)NCCc1cc2ccccc2o1.I. The topological polar surface area (TPSA) is 62.5 Å². The Morgan fingerprint density at radius 2 is 1.88 bits per heavy atom. The van der Waals surface area contributed by atoms with Crippen LogP contribution in [0.25, 0.3) is 11.0 Å². The summed E-state index contributed by atoms with van der Waals surface area (Å²) in [6.07, 6.45) is 3.45. The second kappa shape index (κ2) is 10.4. The van der Waals surface area contributed by atoms with Gasteiger partial charge >= 0.3 is 0 Å². The van der Waals surface area contributed by atoms with Crippen molar-refractivity contribution in [2.45, 2.75) is 12.8 Å². The number of pyridine rings is 1. The van der Waals surface area contributed by atoms with Crippen molar-refractivity contribution in [3.05, 3.63) is 65.1 Å². The molecule has 0 aliphatic carbocycles. The summed E-state index contributed by atoms with van der Waals surface area (Å²) in [7, 11) is 1.76. The Balaban J connectivity index is 0.00000243. The highest BCUT2D eigenvalue weighted by atomic mass is 127. The third-order valence-electron chi connectivity index (χ3n) is 3.86. The molecule has 0 bridgehead atoms. The molecule has 0 radical (unpaired) electrons. The van der Waals surface area contributed by atoms with Crippen molar-refractivity contribution in [2.75, 3.05) is 20.1 Å². The monoisotopic (exact) mass is 484 g/mol. The van der Waals surface area contributed by atoms with Crippen molar-refractivity contribution >= 4 is 52.5 Å². The van der Waals surface area contributed by atoms with E-state index in [1.807, 2.05) is 24.3 Å². The molecule has 0 aliphatic heterocycles. The predicted octanol–water partition coefficient (Wildman–Crippen LogP) is 4.05. The molecule has 5 nitrogen and oxygen atoms in total. The van der Waals surface area contributed by atoms with E-state index in [-0.39, 0.29) is 24.0 Å². The molecule has 0 atom stereocenters. The van der Waals surface area contributed by atoms with Gasteiger partial charge in [-0.15, -0.1) is 24.0 Å². The maximum atomic E-state index is 5.81. The van der Waals surface area contributed by atoms with Gasteiger partial charge in [0.25, 0.3) is 0 Å². The number of para-hydroxylation sites is 1. The molecule has 0 spiro atoms. The lowest BCUT2D eigenvalue weighted by Crippen LogP contribution is -2.39. The van der Waals surface area contributed by atoms with E-state index >= 15 is 0 Å². The van der Waals surface area contributed by atoms with Crippen LogP contribution in [0.1, 0.15) is 11.3 Å². The number of halogens is 2. The summed E-state index contributed by atoms with van der Waals surface area (Å²) in [5.41, 5.74) is 2.06. The van der Waals surface area contributed by atoms with Gasteiger partial charge in [0.05, 0.1) is 0 Å². The number of guanidine groups is 1. The predicted molar refractivity (Wildman–Crippen MR) is 118 cm³/mol. The number of aromatic nitrogens is 1. The summed E-state index contributed by atoms with van der Waals surface area (Å²) in [5.74, 6) is 1.74. The van der Waals surface area contributed by atoms with Crippen LogP contribution in [0.4, 0.5) is 0 Å². The zero-order valence-corrected chi connectivity index (χ0v) is 17.6. The minimum atomic E-state index is 0.